The zero-order valence-corrected chi connectivity index (χ0v) is 15.2. The molecule has 0 atom stereocenters. The number of hydrogen-bond acceptors (Lipinski definition) is 3. The Morgan fingerprint density at radius 3 is 2.60 bits per heavy atom. The number of rotatable bonds is 2. The standard InChI is InChI=1S/C20H22N2O2S/c1-22-16-11-7-6-10-14(16)18-15(20(22)24)12-17(25-18)19(23)21-13-8-4-2-3-5-9-13/h6-7,10-13H,2-5,8-9H2,1H3,(H,21,23). The third-order valence-corrected chi connectivity index (χ3v) is 6.36. The molecule has 0 unspecified atom stereocenters. The highest BCUT2D eigenvalue weighted by molar-refractivity contribution is 7.21. The van der Waals surface area contributed by atoms with Crippen molar-refractivity contribution in [2.75, 3.05) is 0 Å². The summed E-state index contributed by atoms with van der Waals surface area (Å²) in [6, 6.07) is 9.89. The van der Waals surface area contributed by atoms with Gasteiger partial charge in [0.15, 0.2) is 0 Å². The lowest BCUT2D eigenvalue weighted by Gasteiger charge is -2.15. The van der Waals surface area contributed by atoms with Crippen molar-refractivity contribution in [3.8, 4) is 0 Å². The maximum absolute atomic E-state index is 12.7. The molecule has 1 aromatic carbocycles. The molecular formula is C20H22N2O2S. The Morgan fingerprint density at radius 2 is 1.84 bits per heavy atom. The second-order valence-electron chi connectivity index (χ2n) is 6.90. The molecule has 130 valence electrons. The number of pyridine rings is 1. The number of benzene rings is 1. The fourth-order valence-corrected chi connectivity index (χ4v) is 4.88. The molecule has 1 N–H and O–H groups in total. The Morgan fingerprint density at radius 1 is 1.12 bits per heavy atom. The van der Waals surface area contributed by atoms with Gasteiger partial charge in [-0.05, 0) is 25.0 Å². The lowest BCUT2D eigenvalue weighted by molar-refractivity contribution is 0.0937. The van der Waals surface area contributed by atoms with E-state index < -0.39 is 0 Å². The van der Waals surface area contributed by atoms with Crippen molar-refractivity contribution in [3.63, 3.8) is 0 Å². The Bertz CT molecular complexity index is 994. The molecule has 4 rings (SSSR count). The molecule has 1 amide bonds. The number of aromatic nitrogens is 1. The number of amides is 1. The van der Waals surface area contributed by atoms with Crippen molar-refractivity contribution in [1.82, 2.24) is 9.88 Å². The highest BCUT2D eigenvalue weighted by Gasteiger charge is 2.19. The van der Waals surface area contributed by atoms with Gasteiger partial charge in [0, 0.05) is 23.2 Å². The summed E-state index contributed by atoms with van der Waals surface area (Å²) in [5, 5.41) is 4.84. The van der Waals surface area contributed by atoms with Crippen LogP contribution >= 0.6 is 11.3 Å². The van der Waals surface area contributed by atoms with E-state index in [1.165, 1.54) is 37.0 Å². The molecule has 0 aliphatic heterocycles. The van der Waals surface area contributed by atoms with Crippen LogP contribution in [0.1, 0.15) is 48.2 Å². The van der Waals surface area contributed by atoms with Crippen LogP contribution in [0.5, 0.6) is 0 Å². The molecule has 2 heterocycles. The smallest absolute Gasteiger partial charge is 0.261 e. The molecule has 5 heteroatoms. The van der Waals surface area contributed by atoms with Gasteiger partial charge in [-0.2, -0.15) is 0 Å². The minimum Gasteiger partial charge on any atom is -0.349 e. The maximum Gasteiger partial charge on any atom is 0.261 e. The summed E-state index contributed by atoms with van der Waals surface area (Å²) in [6.45, 7) is 0. The molecule has 3 aromatic rings. The topological polar surface area (TPSA) is 51.1 Å². The van der Waals surface area contributed by atoms with Gasteiger partial charge in [0.1, 0.15) is 0 Å². The van der Waals surface area contributed by atoms with Crippen LogP contribution in [0.4, 0.5) is 0 Å². The highest BCUT2D eigenvalue weighted by Crippen LogP contribution is 2.30. The van der Waals surface area contributed by atoms with Crippen molar-refractivity contribution >= 4 is 38.2 Å². The number of thiophene rings is 1. The van der Waals surface area contributed by atoms with Crippen LogP contribution in [-0.2, 0) is 7.05 Å². The first-order valence-corrected chi connectivity index (χ1v) is 9.79. The molecule has 1 saturated carbocycles. The molecular weight excluding hydrogens is 332 g/mol. The molecule has 1 aliphatic rings. The van der Waals surface area contributed by atoms with Crippen LogP contribution < -0.4 is 10.9 Å². The third kappa shape index (κ3) is 2.97. The first-order chi connectivity index (χ1) is 12.1. The third-order valence-electron chi connectivity index (χ3n) is 5.19. The molecule has 25 heavy (non-hydrogen) atoms. The van der Waals surface area contributed by atoms with Crippen LogP contribution in [0.25, 0.3) is 21.0 Å². The van der Waals surface area contributed by atoms with E-state index in [0.717, 1.165) is 28.4 Å². The van der Waals surface area contributed by atoms with Gasteiger partial charge >= 0.3 is 0 Å². The zero-order chi connectivity index (χ0) is 17.4. The normalized spacial score (nSPS) is 16.2. The van der Waals surface area contributed by atoms with Crippen LogP contribution in [-0.4, -0.2) is 16.5 Å². The zero-order valence-electron chi connectivity index (χ0n) is 14.4. The van der Waals surface area contributed by atoms with E-state index >= 15 is 0 Å². The molecule has 0 saturated heterocycles. The quantitative estimate of drug-likeness (QED) is 0.701. The second-order valence-corrected chi connectivity index (χ2v) is 7.95. The Labute approximate surface area is 150 Å². The number of aryl methyl sites for hydroxylation is 1. The Kier molecular flexibility index (Phi) is 4.34. The van der Waals surface area contributed by atoms with Crippen LogP contribution in [0, 0.1) is 0 Å². The SMILES string of the molecule is Cn1c(=O)c2cc(C(=O)NC3CCCCCC3)sc2c2ccccc21. The molecule has 2 aromatic heterocycles. The summed E-state index contributed by atoms with van der Waals surface area (Å²) in [4.78, 5) is 26.0. The van der Waals surface area contributed by atoms with E-state index in [0.29, 0.717) is 10.3 Å². The minimum atomic E-state index is -0.0431. The average Bonchev–Trinajstić information content (AvgIpc) is 2.93. The lowest BCUT2D eigenvalue weighted by atomic mass is 10.1. The van der Waals surface area contributed by atoms with Crippen molar-refractivity contribution in [2.45, 2.75) is 44.6 Å². The van der Waals surface area contributed by atoms with Gasteiger partial charge in [0.25, 0.3) is 11.5 Å². The summed E-state index contributed by atoms with van der Waals surface area (Å²) in [5.41, 5.74) is 0.857. The van der Waals surface area contributed by atoms with E-state index in [1.807, 2.05) is 24.3 Å². The van der Waals surface area contributed by atoms with Gasteiger partial charge in [-0.3, -0.25) is 9.59 Å². The van der Waals surface area contributed by atoms with Crippen molar-refractivity contribution in [1.29, 1.82) is 0 Å². The summed E-state index contributed by atoms with van der Waals surface area (Å²) >= 11 is 1.43. The van der Waals surface area contributed by atoms with Gasteiger partial charge in [-0.25, -0.2) is 0 Å². The van der Waals surface area contributed by atoms with Crippen LogP contribution in [0.3, 0.4) is 0 Å². The van der Waals surface area contributed by atoms with Crippen LogP contribution in [0.15, 0.2) is 35.1 Å². The largest absolute Gasteiger partial charge is 0.349 e. The predicted octanol–water partition coefficient (Wildman–Crippen LogP) is 4.21. The van der Waals surface area contributed by atoms with E-state index in [-0.39, 0.29) is 17.5 Å². The summed E-state index contributed by atoms with van der Waals surface area (Å²) in [5.74, 6) is -0.0424. The molecule has 1 aliphatic carbocycles. The van der Waals surface area contributed by atoms with Crippen molar-refractivity contribution in [2.24, 2.45) is 7.05 Å². The predicted molar refractivity (Wildman–Crippen MR) is 104 cm³/mol. The van der Waals surface area contributed by atoms with Crippen molar-refractivity contribution < 1.29 is 4.79 Å². The van der Waals surface area contributed by atoms with Gasteiger partial charge in [0.2, 0.25) is 0 Å². The Balaban J connectivity index is 1.73. The maximum atomic E-state index is 12.7. The number of carbonyl (C=O) groups is 1. The lowest BCUT2D eigenvalue weighted by Crippen LogP contribution is -2.33. The highest BCUT2D eigenvalue weighted by atomic mass is 32.1. The van der Waals surface area contributed by atoms with Crippen molar-refractivity contribution in [3.05, 3.63) is 45.6 Å². The molecule has 0 radical (unpaired) electrons. The number of para-hydroxylation sites is 1. The van der Waals surface area contributed by atoms with Gasteiger partial charge in [-0.1, -0.05) is 43.9 Å². The first-order valence-electron chi connectivity index (χ1n) is 8.97. The van der Waals surface area contributed by atoms with E-state index in [9.17, 15) is 9.59 Å². The second kappa shape index (κ2) is 6.64. The Hall–Kier alpha value is -2.14. The number of carbonyl (C=O) groups excluding carboxylic acids is 1. The van der Waals surface area contributed by atoms with Gasteiger partial charge in [-0.15, -0.1) is 11.3 Å². The first kappa shape index (κ1) is 16.3. The minimum absolute atomic E-state index is 0.0424. The van der Waals surface area contributed by atoms with Crippen LogP contribution in [0.2, 0.25) is 0 Å². The van der Waals surface area contributed by atoms with Gasteiger partial charge in [0.05, 0.1) is 15.8 Å². The fraction of sp³-hybridized carbons (Fsp3) is 0.400. The number of hydrogen-bond donors (Lipinski definition) is 1. The number of fused-ring (bicyclic) bond motifs is 3. The molecule has 1 fully saturated rings. The number of nitrogens with one attached hydrogen (secondary N) is 1. The summed E-state index contributed by atoms with van der Waals surface area (Å²) in [6.07, 6.45) is 7.00. The molecule has 0 spiro atoms. The van der Waals surface area contributed by atoms with E-state index in [2.05, 4.69) is 5.32 Å². The summed E-state index contributed by atoms with van der Waals surface area (Å²) in [7, 11) is 1.78. The fourth-order valence-electron chi connectivity index (χ4n) is 3.79. The monoisotopic (exact) mass is 354 g/mol. The summed E-state index contributed by atoms with van der Waals surface area (Å²) < 4.78 is 2.57. The van der Waals surface area contributed by atoms with Gasteiger partial charge < -0.3 is 9.88 Å². The number of nitrogens with zero attached hydrogens (tertiary/aromatic N) is 1. The van der Waals surface area contributed by atoms with E-state index in [4.69, 9.17) is 0 Å². The van der Waals surface area contributed by atoms with E-state index in [1.54, 1.807) is 17.7 Å². The average molecular weight is 354 g/mol. The molecule has 4 nitrogen and oxygen atoms in total. The molecule has 0 bridgehead atoms.